The molecule has 50 heavy (non-hydrogen) atoms. The van der Waals surface area contributed by atoms with Crippen LogP contribution >= 0.6 is 0 Å². The number of hydrogen-bond acceptors (Lipinski definition) is 2. The molecule has 232 valence electrons. The summed E-state index contributed by atoms with van der Waals surface area (Å²) >= 11 is 0. The average Bonchev–Trinajstić information content (AvgIpc) is 3.76. The zero-order valence-corrected chi connectivity index (χ0v) is 27.0. The fourth-order valence-electron chi connectivity index (χ4n) is 8.33. The van der Waals surface area contributed by atoms with Gasteiger partial charge in [0.2, 0.25) is 0 Å². The van der Waals surface area contributed by atoms with Gasteiger partial charge in [-0.05, 0) is 90.6 Å². The van der Waals surface area contributed by atoms with Crippen LogP contribution in [-0.2, 0) is 0 Å². The van der Waals surface area contributed by atoms with Crippen LogP contribution in [-0.4, -0.2) is 0 Å². The molecule has 0 radical (unpaired) electrons. The van der Waals surface area contributed by atoms with E-state index in [0.29, 0.717) is 0 Å². The topological polar surface area (TPSA) is 26.3 Å². The van der Waals surface area contributed by atoms with Gasteiger partial charge in [-0.1, -0.05) is 140 Å². The van der Waals surface area contributed by atoms with E-state index < -0.39 is 0 Å². The minimum Gasteiger partial charge on any atom is -0.456 e. The second-order valence-corrected chi connectivity index (χ2v) is 13.1. The lowest BCUT2D eigenvalue weighted by molar-refractivity contribution is 0.669. The summed E-state index contributed by atoms with van der Waals surface area (Å²) < 4.78 is 13.4. The Bertz CT molecular complexity index is 3080. The summed E-state index contributed by atoms with van der Waals surface area (Å²) in [4.78, 5) is 0. The molecule has 9 aromatic carbocycles. The summed E-state index contributed by atoms with van der Waals surface area (Å²) in [5.41, 5.74) is 10.6. The summed E-state index contributed by atoms with van der Waals surface area (Å²) in [7, 11) is 0. The number of hydrogen-bond donors (Lipinski definition) is 0. The molecule has 0 bridgehead atoms. The Labute approximate surface area is 287 Å². The van der Waals surface area contributed by atoms with Gasteiger partial charge in [-0.3, -0.25) is 0 Å². The summed E-state index contributed by atoms with van der Waals surface area (Å²) in [5, 5.41) is 11.6. The second-order valence-electron chi connectivity index (χ2n) is 13.1. The predicted molar refractivity (Wildman–Crippen MR) is 210 cm³/mol. The van der Waals surface area contributed by atoms with Crippen molar-refractivity contribution >= 4 is 76.2 Å². The average molecular weight is 637 g/mol. The van der Waals surface area contributed by atoms with Gasteiger partial charge in [0.15, 0.2) is 0 Å². The molecule has 0 fully saturated rings. The molecule has 0 atom stereocenters. The van der Waals surface area contributed by atoms with E-state index in [-0.39, 0.29) is 0 Å². The molecule has 0 N–H and O–H groups in total. The lowest BCUT2D eigenvalue weighted by atomic mass is 9.84. The van der Waals surface area contributed by atoms with E-state index >= 15 is 0 Å². The normalized spacial score (nSPS) is 12.0. The van der Waals surface area contributed by atoms with Crippen molar-refractivity contribution < 1.29 is 8.83 Å². The Morgan fingerprint density at radius 1 is 0.300 bits per heavy atom. The first kappa shape index (κ1) is 27.3. The summed E-state index contributed by atoms with van der Waals surface area (Å²) in [6, 6.07) is 60.8. The summed E-state index contributed by atoms with van der Waals surface area (Å²) in [6.45, 7) is 0. The smallest absolute Gasteiger partial charge is 0.143 e. The van der Waals surface area contributed by atoms with Crippen molar-refractivity contribution in [1.82, 2.24) is 0 Å². The van der Waals surface area contributed by atoms with E-state index in [2.05, 4.69) is 164 Å². The van der Waals surface area contributed by atoms with Gasteiger partial charge in [-0.15, -0.1) is 0 Å². The minimum atomic E-state index is 0.869. The van der Waals surface area contributed by atoms with Crippen LogP contribution in [0.15, 0.2) is 179 Å². The highest BCUT2D eigenvalue weighted by molar-refractivity contribution is 6.27. The molecule has 2 heterocycles. The molecule has 11 rings (SSSR count). The highest BCUT2D eigenvalue weighted by Gasteiger charge is 2.23. The number of benzene rings is 9. The standard InChI is InChI=1S/C48H28O2/c1-2-14-29(15-3-1)44-33-18-6-8-20-35(33)45(36-21-9-7-19-34(36)44)40-27-31(28-43-46(40)37-22-10-12-24-41(37)49-43)39-26-30-16-4-5-17-32(30)48-47(39)38-23-11-13-25-42(38)50-48/h1-28H. The maximum Gasteiger partial charge on any atom is 0.143 e. The van der Waals surface area contributed by atoms with Crippen LogP contribution in [0.2, 0.25) is 0 Å². The molecular weight excluding hydrogens is 609 g/mol. The van der Waals surface area contributed by atoms with Crippen molar-refractivity contribution in [3.63, 3.8) is 0 Å². The lowest BCUT2D eigenvalue weighted by Gasteiger charge is -2.19. The highest BCUT2D eigenvalue weighted by Crippen LogP contribution is 2.49. The van der Waals surface area contributed by atoms with Crippen molar-refractivity contribution in [3.8, 4) is 33.4 Å². The van der Waals surface area contributed by atoms with Crippen molar-refractivity contribution in [2.75, 3.05) is 0 Å². The molecule has 0 spiro atoms. The van der Waals surface area contributed by atoms with Gasteiger partial charge in [0.25, 0.3) is 0 Å². The van der Waals surface area contributed by atoms with Gasteiger partial charge in [0.05, 0.1) is 0 Å². The Hall–Kier alpha value is -6.64. The first-order valence-corrected chi connectivity index (χ1v) is 17.1. The molecule has 0 aliphatic heterocycles. The monoisotopic (exact) mass is 636 g/mol. The van der Waals surface area contributed by atoms with Gasteiger partial charge in [-0.25, -0.2) is 0 Å². The first-order chi connectivity index (χ1) is 24.8. The molecule has 2 nitrogen and oxygen atoms in total. The van der Waals surface area contributed by atoms with Crippen LogP contribution in [0.4, 0.5) is 0 Å². The van der Waals surface area contributed by atoms with E-state index in [1.165, 1.54) is 38.2 Å². The third-order valence-corrected chi connectivity index (χ3v) is 10.4. The molecule has 2 heteroatoms. The zero-order chi connectivity index (χ0) is 32.8. The zero-order valence-electron chi connectivity index (χ0n) is 27.0. The predicted octanol–water partition coefficient (Wildman–Crippen LogP) is 13.9. The Morgan fingerprint density at radius 3 is 1.50 bits per heavy atom. The van der Waals surface area contributed by atoms with Crippen LogP contribution in [0, 0.1) is 0 Å². The van der Waals surface area contributed by atoms with E-state index in [0.717, 1.165) is 71.3 Å². The fourth-order valence-corrected chi connectivity index (χ4v) is 8.33. The van der Waals surface area contributed by atoms with Crippen LogP contribution < -0.4 is 0 Å². The van der Waals surface area contributed by atoms with Crippen LogP contribution in [0.25, 0.3) is 110 Å². The van der Waals surface area contributed by atoms with Crippen molar-refractivity contribution in [1.29, 1.82) is 0 Å². The second kappa shape index (κ2) is 10.4. The van der Waals surface area contributed by atoms with Gasteiger partial charge < -0.3 is 8.83 Å². The maximum absolute atomic E-state index is 6.74. The summed E-state index contributed by atoms with van der Waals surface area (Å²) in [5.74, 6) is 0. The van der Waals surface area contributed by atoms with Gasteiger partial charge in [0, 0.05) is 26.9 Å². The third-order valence-electron chi connectivity index (χ3n) is 10.4. The van der Waals surface area contributed by atoms with Crippen LogP contribution in [0.3, 0.4) is 0 Å². The molecule has 0 aliphatic rings. The Morgan fingerprint density at radius 2 is 0.820 bits per heavy atom. The van der Waals surface area contributed by atoms with E-state index in [4.69, 9.17) is 8.83 Å². The highest BCUT2D eigenvalue weighted by atomic mass is 16.3. The molecule has 0 saturated carbocycles. The molecular formula is C48H28O2. The fraction of sp³-hybridized carbons (Fsp3) is 0. The van der Waals surface area contributed by atoms with Crippen molar-refractivity contribution in [3.05, 3.63) is 170 Å². The molecule has 0 aliphatic carbocycles. The Kier molecular flexibility index (Phi) is 5.70. The van der Waals surface area contributed by atoms with Gasteiger partial charge in [-0.2, -0.15) is 0 Å². The number of rotatable bonds is 3. The molecule has 0 unspecified atom stereocenters. The quantitative estimate of drug-likeness (QED) is 0.180. The Balaban J connectivity index is 1.33. The van der Waals surface area contributed by atoms with E-state index in [1.807, 2.05) is 6.07 Å². The largest absolute Gasteiger partial charge is 0.456 e. The number of para-hydroxylation sites is 2. The van der Waals surface area contributed by atoms with Gasteiger partial charge in [0.1, 0.15) is 22.3 Å². The lowest BCUT2D eigenvalue weighted by Crippen LogP contribution is -1.92. The van der Waals surface area contributed by atoms with Gasteiger partial charge >= 0.3 is 0 Å². The van der Waals surface area contributed by atoms with Crippen molar-refractivity contribution in [2.45, 2.75) is 0 Å². The van der Waals surface area contributed by atoms with Crippen molar-refractivity contribution in [2.24, 2.45) is 0 Å². The number of furan rings is 2. The third kappa shape index (κ3) is 3.85. The minimum absolute atomic E-state index is 0.869. The molecule has 0 saturated heterocycles. The summed E-state index contributed by atoms with van der Waals surface area (Å²) in [6.07, 6.45) is 0. The van der Waals surface area contributed by atoms with E-state index in [9.17, 15) is 0 Å². The van der Waals surface area contributed by atoms with Crippen LogP contribution in [0.1, 0.15) is 0 Å². The maximum atomic E-state index is 6.74. The van der Waals surface area contributed by atoms with Crippen LogP contribution in [0.5, 0.6) is 0 Å². The molecule has 2 aromatic heterocycles. The molecule has 0 amide bonds. The number of fused-ring (bicyclic) bond motifs is 10. The van der Waals surface area contributed by atoms with E-state index in [1.54, 1.807) is 0 Å². The first-order valence-electron chi connectivity index (χ1n) is 17.1. The molecule has 11 aromatic rings. The SMILES string of the molecule is c1ccc(-c2c3ccccc3c(-c3cc(-c4cc5ccccc5c5oc6ccccc6c45)cc4oc5ccccc5c34)c3ccccc23)cc1.